The summed E-state index contributed by atoms with van der Waals surface area (Å²) in [4.78, 5) is 32.6. The van der Waals surface area contributed by atoms with Crippen LogP contribution in [0, 0.1) is 18.7 Å². The van der Waals surface area contributed by atoms with E-state index in [0.29, 0.717) is 39.4 Å². The molecule has 1 aromatic heterocycles. The molecule has 6 nitrogen and oxygen atoms in total. The van der Waals surface area contributed by atoms with Crippen molar-refractivity contribution < 1.29 is 18.7 Å². The SMILES string of the molecule is Cc1[nH]c2ccc(F)cc2c1CC(=O)N1CCCC(C(=O)N2CCOCC2)C1. The van der Waals surface area contributed by atoms with E-state index in [4.69, 9.17) is 4.74 Å². The molecule has 7 heteroatoms. The Hall–Kier alpha value is -2.41. The number of morpholine rings is 1. The van der Waals surface area contributed by atoms with Gasteiger partial charge >= 0.3 is 0 Å². The number of H-pyrrole nitrogens is 1. The zero-order valence-electron chi connectivity index (χ0n) is 16.2. The van der Waals surface area contributed by atoms with Crippen LogP contribution in [0.15, 0.2) is 18.2 Å². The third-order valence-electron chi connectivity index (χ3n) is 5.86. The fourth-order valence-electron chi connectivity index (χ4n) is 4.29. The molecule has 0 aliphatic carbocycles. The predicted octanol–water partition coefficient (Wildman–Crippen LogP) is 2.26. The maximum absolute atomic E-state index is 13.7. The van der Waals surface area contributed by atoms with Gasteiger partial charge in [-0.25, -0.2) is 4.39 Å². The molecule has 150 valence electrons. The highest BCUT2D eigenvalue weighted by Crippen LogP contribution is 2.25. The largest absolute Gasteiger partial charge is 0.378 e. The zero-order chi connectivity index (χ0) is 19.7. The normalized spacial score (nSPS) is 20.6. The third kappa shape index (κ3) is 3.76. The Labute approximate surface area is 163 Å². The van der Waals surface area contributed by atoms with Crippen molar-refractivity contribution in [2.45, 2.75) is 26.2 Å². The molecule has 1 unspecified atom stereocenters. The monoisotopic (exact) mass is 387 g/mol. The average molecular weight is 387 g/mol. The number of aromatic nitrogens is 1. The first-order chi connectivity index (χ1) is 13.5. The lowest BCUT2D eigenvalue weighted by Crippen LogP contribution is -2.49. The molecule has 2 saturated heterocycles. The molecular weight excluding hydrogens is 361 g/mol. The molecule has 2 aliphatic heterocycles. The number of hydrogen-bond donors (Lipinski definition) is 1. The Morgan fingerprint density at radius 3 is 2.79 bits per heavy atom. The molecule has 2 amide bonds. The van der Waals surface area contributed by atoms with E-state index in [1.807, 2.05) is 11.8 Å². The van der Waals surface area contributed by atoms with Crippen LogP contribution in [0.2, 0.25) is 0 Å². The fourth-order valence-corrected chi connectivity index (χ4v) is 4.29. The van der Waals surface area contributed by atoms with Crippen molar-refractivity contribution in [3.05, 3.63) is 35.3 Å². The Bertz CT molecular complexity index is 888. The average Bonchev–Trinajstić information content (AvgIpc) is 3.02. The molecule has 0 radical (unpaired) electrons. The Kier molecular flexibility index (Phi) is 5.35. The summed E-state index contributed by atoms with van der Waals surface area (Å²) in [6, 6.07) is 4.59. The number of benzene rings is 1. The van der Waals surface area contributed by atoms with Crippen molar-refractivity contribution in [1.29, 1.82) is 0 Å². The Morgan fingerprint density at radius 1 is 1.21 bits per heavy atom. The summed E-state index contributed by atoms with van der Waals surface area (Å²) in [7, 11) is 0. The number of nitrogens with one attached hydrogen (secondary N) is 1. The molecule has 4 rings (SSSR count). The highest BCUT2D eigenvalue weighted by molar-refractivity contribution is 5.90. The highest BCUT2D eigenvalue weighted by atomic mass is 19.1. The molecule has 2 aromatic rings. The highest BCUT2D eigenvalue weighted by Gasteiger charge is 2.32. The van der Waals surface area contributed by atoms with E-state index in [1.54, 1.807) is 11.0 Å². The maximum atomic E-state index is 13.7. The second-order valence-electron chi connectivity index (χ2n) is 7.71. The fraction of sp³-hybridized carbons (Fsp3) is 0.524. The smallest absolute Gasteiger partial charge is 0.227 e. The number of aromatic amines is 1. The van der Waals surface area contributed by atoms with Gasteiger partial charge in [-0.05, 0) is 43.5 Å². The summed E-state index contributed by atoms with van der Waals surface area (Å²) in [5.41, 5.74) is 2.55. The van der Waals surface area contributed by atoms with E-state index >= 15 is 0 Å². The summed E-state index contributed by atoms with van der Waals surface area (Å²) in [5.74, 6) is -0.328. The number of aryl methyl sites for hydroxylation is 1. The van der Waals surface area contributed by atoms with Crippen molar-refractivity contribution in [2.75, 3.05) is 39.4 Å². The molecule has 0 bridgehead atoms. The van der Waals surface area contributed by atoms with Crippen LogP contribution in [0.5, 0.6) is 0 Å². The molecule has 28 heavy (non-hydrogen) atoms. The van der Waals surface area contributed by atoms with Crippen molar-refractivity contribution in [2.24, 2.45) is 5.92 Å². The zero-order valence-corrected chi connectivity index (χ0v) is 16.2. The van der Waals surface area contributed by atoms with Crippen LogP contribution in [0.25, 0.3) is 10.9 Å². The van der Waals surface area contributed by atoms with E-state index in [9.17, 15) is 14.0 Å². The molecule has 0 spiro atoms. The summed E-state index contributed by atoms with van der Waals surface area (Å²) in [6.45, 7) is 5.45. The van der Waals surface area contributed by atoms with E-state index in [0.717, 1.165) is 35.0 Å². The standard InChI is InChI=1S/C21H26FN3O3/c1-14-17(18-11-16(22)4-5-19(18)23-14)12-20(26)25-6-2-3-15(13-25)21(27)24-7-9-28-10-8-24/h4-5,11,15,23H,2-3,6-10,12-13H2,1H3. The van der Waals surface area contributed by atoms with Crippen LogP contribution in [-0.2, 0) is 20.7 Å². The predicted molar refractivity (Wildman–Crippen MR) is 103 cm³/mol. The Balaban J connectivity index is 1.45. The minimum Gasteiger partial charge on any atom is -0.378 e. The van der Waals surface area contributed by atoms with Crippen molar-refractivity contribution in [3.8, 4) is 0 Å². The van der Waals surface area contributed by atoms with Gasteiger partial charge in [0.1, 0.15) is 5.82 Å². The minimum atomic E-state index is -0.311. The van der Waals surface area contributed by atoms with Gasteiger partial charge in [0.2, 0.25) is 11.8 Å². The van der Waals surface area contributed by atoms with Crippen LogP contribution in [-0.4, -0.2) is 66.0 Å². The number of amides is 2. The van der Waals surface area contributed by atoms with Gasteiger partial charge in [0.25, 0.3) is 0 Å². The van der Waals surface area contributed by atoms with Crippen LogP contribution in [0.3, 0.4) is 0 Å². The van der Waals surface area contributed by atoms with Crippen LogP contribution in [0.1, 0.15) is 24.1 Å². The molecule has 2 fully saturated rings. The van der Waals surface area contributed by atoms with Crippen LogP contribution >= 0.6 is 0 Å². The number of rotatable bonds is 3. The molecule has 0 saturated carbocycles. The lowest BCUT2D eigenvalue weighted by Gasteiger charge is -2.36. The second kappa shape index (κ2) is 7.91. The lowest BCUT2D eigenvalue weighted by atomic mass is 9.95. The molecule has 1 N–H and O–H groups in total. The van der Waals surface area contributed by atoms with E-state index in [2.05, 4.69) is 4.98 Å². The number of likely N-dealkylation sites (tertiary alicyclic amines) is 1. The number of piperidine rings is 1. The maximum Gasteiger partial charge on any atom is 0.227 e. The molecule has 1 aromatic carbocycles. The number of fused-ring (bicyclic) bond motifs is 1. The molecule has 3 heterocycles. The first kappa shape index (κ1) is 18.9. The van der Waals surface area contributed by atoms with Gasteiger partial charge in [-0.15, -0.1) is 0 Å². The molecule has 2 aliphatic rings. The number of carbonyl (C=O) groups excluding carboxylic acids is 2. The number of hydrogen-bond acceptors (Lipinski definition) is 3. The quantitative estimate of drug-likeness (QED) is 0.879. The third-order valence-corrected chi connectivity index (χ3v) is 5.86. The topological polar surface area (TPSA) is 65.6 Å². The first-order valence-electron chi connectivity index (χ1n) is 9.94. The van der Waals surface area contributed by atoms with Crippen molar-refractivity contribution in [1.82, 2.24) is 14.8 Å². The van der Waals surface area contributed by atoms with Gasteiger partial charge in [-0.3, -0.25) is 9.59 Å². The molecule has 1 atom stereocenters. The Morgan fingerprint density at radius 2 is 2.00 bits per heavy atom. The summed E-state index contributed by atoms with van der Waals surface area (Å²) in [6.07, 6.45) is 1.86. The summed E-state index contributed by atoms with van der Waals surface area (Å²) < 4.78 is 19.0. The van der Waals surface area contributed by atoms with Crippen LogP contribution in [0.4, 0.5) is 4.39 Å². The van der Waals surface area contributed by atoms with Gasteiger partial charge in [0.15, 0.2) is 0 Å². The van der Waals surface area contributed by atoms with Crippen LogP contribution < -0.4 is 0 Å². The van der Waals surface area contributed by atoms with Gasteiger partial charge in [0.05, 0.1) is 25.6 Å². The number of carbonyl (C=O) groups is 2. The van der Waals surface area contributed by atoms with Gasteiger partial charge < -0.3 is 19.5 Å². The minimum absolute atomic E-state index is 0.00672. The number of halogens is 1. The summed E-state index contributed by atoms with van der Waals surface area (Å²) >= 11 is 0. The van der Waals surface area contributed by atoms with E-state index in [-0.39, 0.29) is 30.0 Å². The first-order valence-corrected chi connectivity index (χ1v) is 9.94. The van der Waals surface area contributed by atoms with E-state index in [1.165, 1.54) is 12.1 Å². The molecular formula is C21H26FN3O3. The second-order valence-corrected chi connectivity index (χ2v) is 7.71. The number of ether oxygens (including phenoxy) is 1. The van der Waals surface area contributed by atoms with Gasteiger partial charge in [-0.2, -0.15) is 0 Å². The van der Waals surface area contributed by atoms with Crippen molar-refractivity contribution in [3.63, 3.8) is 0 Å². The lowest BCUT2D eigenvalue weighted by molar-refractivity contribution is -0.143. The summed E-state index contributed by atoms with van der Waals surface area (Å²) in [5, 5.41) is 0.754. The number of nitrogens with zero attached hydrogens (tertiary/aromatic N) is 2. The van der Waals surface area contributed by atoms with Crippen molar-refractivity contribution >= 4 is 22.7 Å². The van der Waals surface area contributed by atoms with E-state index < -0.39 is 0 Å². The van der Waals surface area contributed by atoms with Gasteiger partial charge in [0, 0.05) is 42.8 Å². The van der Waals surface area contributed by atoms with Gasteiger partial charge in [-0.1, -0.05) is 0 Å².